The second-order valence-corrected chi connectivity index (χ2v) is 1.60. The van der Waals surface area contributed by atoms with E-state index in [0.29, 0.717) is 5.76 Å². The maximum absolute atomic E-state index is 8.47. The van der Waals surface area contributed by atoms with Crippen molar-refractivity contribution in [2.24, 2.45) is 0 Å². The molecule has 1 N–H and O–H groups in total. The molecule has 0 spiro atoms. The monoisotopic (exact) mass is 128 g/mol. The molecule has 0 aromatic rings. The zero-order chi connectivity index (χ0) is 6.69. The lowest BCUT2D eigenvalue weighted by Crippen LogP contribution is -2.03. The first-order valence-corrected chi connectivity index (χ1v) is 2.61. The van der Waals surface area contributed by atoms with Crippen LogP contribution in [0.3, 0.4) is 0 Å². The summed E-state index contributed by atoms with van der Waals surface area (Å²) in [4.78, 5) is 0. The van der Waals surface area contributed by atoms with Gasteiger partial charge in [0.2, 0.25) is 0 Å². The summed E-state index contributed by atoms with van der Waals surface area (Å²) in [6.45, 7) is 3.33. The molecule has 0 fully saturated rings. The van der Waals surface area contributed by atoms with Gasteiger partial charge in [-0.15, -0.1) is 0 Å². The molecular weight excluding hydrogens is 120 g/mol. The Labute approximate surface area is 53.2 Å². The lowest BCUT2D eigenvalue weighted by Gasteiger charge is -2.03. The molecule has 9 heavy (non-hydrogen) atoms. The molecule has 1 atom stereocenters. The van der Waals surface area contributed by atoms with Crippen LogP contribution in [0.15, 0.2) is 24.7 Å². The molecule has 0 saturated carbocycles. The molecule has 0 aromatic carbocycles. The maximum Gasteiger partial charge on any atom is 0.259 e. The van der Waals surface area contributed by atoms with Gasteiger partial charge in [-0.3, -0.25) is 0 Å². The van der Waals surface area contributed by atoms with Gasteiger partial charge in [0.25, 0.3) is 6.29 Å². The van der Waals surface area contributed by atoms with Crippen LogP contribution in [0, 0.1) is 0 Å². The molecule has 0 aromatic heterocycles. The zero-order valence-electron chi connectivity index (χ0n) is 4.91. The molecule has 1 heterocycles. The standard InChI is InChI=1S/C6H8O3/c1-2-6-8-4-5(3-7)9-6/h2,4,6-7H,1,3H2. The lowest BCUT2D eigenvalue weighted by molar-refractivity contribution is 0.00229. The van der Waals surface area contributed by atoms with E-state index in [1.165, 1.54) is 12.3 Å². The Hall–Kier alpha value is -0.960. The highest BCUT2D eigenvalue weighted by atomic mass is 16.7. The quantitative estimate of drug-likeness (QED) is 0.546. The molecule has 1 aliphatic heterocycles. The molecule has 0 saturated heterocycles. The first kappa shape index (κ1) is 6.16. The summed E-state index contributed by atoms with van der Waals surface area (Å²) in [6.07, 6.45) is 2.48. The minimum absolute atomic E-state index is 0.121. The van der Waals surface area contributed by atoms with Crippen molar-refractivity contribution < 1.29 is 14.6 Å². The minimum Gasteiger partial charge on any atom is -0.455 e. The summed E-state index contributed by atoms with van der Waals surface area (Å²) < 4.78 is 9.77. The maximum atomic E-state index is 8.47. The fourth-order valence-electron chi connectivity index (χ4n) is 0.526. The summed E-state index contributed by atoms with van der Waals surface area (Å²) in [5, 5.41) is 8.47. The number of ether oxygens (including phenoxy) is 2. The second kappa shape index (κ2) is 2.55. The predicted octanol–water partition coefficient (Wildman–Crippen LogP) is 0.379. The lowest BCUT2D eigenvalue weighted by atomic mass is 10.6. The molecule has 0 aliphatic carbocycles. The highest BCUT2D eigenvalue weighted by Crippen LogP contribution is 2.12. The molecule has 3 heteroatoms. The molecule has 0 amide bonds. The van der Waals surface area contributed by atoms with Gasteiger partial charge in [0, 0.05) is 0 Å². The van der Waals surface area contributed by atoms with Crippen LogP contribution in [0.25, 0.3) is 0 Å². The summed E-state index contributed by atoms with van der Waals surface area (Å²) in [7, 11) is 0. The average Bonchev–Trinajstić information content (AvgIpc) is 2.34. The molecule has 0 bridgehead atoms. The Kier molecular flexibility index (Phi) is 1.75. The molecule has 0 radical (unpaired) electrons. The largest absolute Gasteiger partial charge is 0.455 e. The Morgan fingerprint density at radius 1 is 1.89 bits per heavy atom. The zero-order valence-corrected chi connectivity index (χ0v) is 4.91. The fourth-order valence-corrected chi connectivity index (χ4v) is 0.526. The fraction of sp³-hybridized carbons (Fsp3) is 0.333. The van der Waals surface area contributed by atoms with E-state index in [0.717, 1.165) is 0 Å². The second-order valence-electron chi connectivity index (χ2n) is 1.60. The van der Waals surface area contributed by atoms with Gasteiger partial charge in [-0.05, 0) is 6.08 Å². The number of aliphatic hydroxyl groups excluding tert-OH is 1. The van der Waals surface area contributed by atoms with Gasteiger partial charge in [-0.1, -0.05) is 6.58 Å². The molecular formula is C6H8O3. The third-order valence-corrected chi connectivity index (χ3v) is 0.949. The van der Waals surface area contributed by atoms with Crippen LogP contribution in [-0.4, -0.2) is 18.0 Å². The number of rotatable bonds is 2. The van der Waals surface area contributed by atoms with E-state index in [-0.39, 0.29) is 6.61 Å². The van der Waals surface area contributed by atoms with Crippen LogP contribution in [0.2, 0.25) is 0 Å². The van der Waals surface area contributed by atoms with Gasteiger partial charge < -0.3 is 14.6 Å². The van der Waals surface area contributed by atoms with Gasteiger partial charge in [0.15, 0.2) is 5.76 Å². The molecule has 3 nitrogen and oxygen atoms in total. The van der Waals surface area contributed by atoms with Gasteiger partial charge in [0.1, 0.15) is 12.9 Å². The number of hydrogen-bond acceptors (Lipinski definition) is 3. The van der Waals surface area contributed by atoms with Crippen molar-refractivity contribution in [1.82, 2.24) is 0 Å². The van der Waals surface area contributed by atoms with Crippen molar-refractivity contribution in [1.29, 1.82) is 0 Å². The summed E-state index contributed by atoms with van der Waals surface area (Å²) in [5.41, 5.74) is 0. The molecule has 1 unspecified atom stereocenters. The van der Waals surface area contributed by atoms with E-state index in [1.54, 1.807) is 0 Å². The topological polar surface area (TPSA) is 38.7 Å². The third kappa shape index (κ3) is 1.23. The Bertz CT molecular complexity index is 139. The van der Waals surface area contributed by atoms with Crippen molar-refractivity contribution in [2.75, 3.05) is 6.61 Å². The van der Waals surface area contributed by atoms with Gasteiger partial charge in [0.05, 0.1) is 0 Å². The predicted molar refractivity (Wildman–Crippen MR) is 31.3 cm³/mol. The molecule has 1 aliphatic rings. The van der Waals surface area contributed by atoms with Crippen molar-refractivity contribution in [3.63, 3.8) is 0 Å². The number of aliphatic hydroxyl groups is 1. The van der Waals surface area contributed by atoms with Crippen LogP contribution in [0.5, 0.6) is 0 Å². The summed E-state index contributed by atoms with van der Waals surface area (Å²) in [6, 6.07) is 0. The molecule has 50 valence electrons. The highest BCUT2D eigenvalue weighted by molar-refractivity contribution is 4.95. The smallest absolute Gasteiger partial charge is 0.259 e. The van der Waals surface area contributed by atoms with Crippen LogP contribution >= 0.6 is 0 Å². The van der Waals surface area contributed by atoms with Crippen LogP contribution in [0.4, 0.5) is 0 Å². The molecule has 1 rings (SSSR count). The van der Waals surface area contributed by atoms with Gasteiger partial charge in [-0.2, -0.15) is 0 Å². The Balaban J connectivity index is 2.39. The Morgan fingerprint density at radius 2 is 2.67 bits per heavy atom. The van der Waals surface area contributed by atoms with E-state index in [4.69, 9.17) is 14.6 Å². The first-order chi connectivity index (χ1) is 4.36. The third-order valence-electron chi connectivity index (χ3n) is 0.949. The van der Waals surface area contributed by atoms with E-state index in [9.17, 15) is 0 Å². The first-order valence-electron chi connectivity index (χ1n) is 2.61. The van der Waals surface area contributed by atoms with Gasteiger partial charge in [-0.25, -0.2) is 0 Å². The Morgan fingerprint density at radius 3 is 3.00 bits per heavy atom. The number of hydrogen-bond donors (Lipinski definition) is 1. The van der Waals surface area contributed by atoms with Crippen molar-refractivity contribution in [3.05, 3.63) is 24.7 Å². The van der Waals surface area contributed by atoms with Crippen molar-refractivity contribution in [2.45, 2.75) is 6.29 Å². The van der Waals surface area contributed by atoms with Crippen LogP contribution in [0.1, 0.15) is 0 Å². The highest BCUT2D eigenvalue weighted by Gasteiger charge is 2.13. The average molecular weight is 128 g/mol. The van der Waals surface area contributed by atoms with E-state index in [1.807, 2.05) is 0 Å². The minimum atomic E-state index is -0.410. The van der Waals surface area contributed by atoms with Gasteiger partial charge >= 0.3 is 0 Å². The summed E-state index contributed by atoms with van der Waals surface area (Å²) >= 11 is 0. The normalized spacial score (nSPS) is 24.1. The van der Waals surface area contributed by atoms with Crippen molar-refractivity contribution in [3.8, 4) is 0 Å². The van der Waals surface area contributed by atoms with E-state index >= 15 is 0 Å². The van der Waals surface area contributed by atoms with Crippen LogP contribution < -0.4 is 0 Å². The summed E-state index contributed by atoms with van der Waals surface area (Å²) in [5.74, 6) is 0.444. The van der Waals surface area contributed by atoms with E-state index < -0.39 is 6.29 Å². The SMILES string of the molecule is C=CC1OC=C(CO)O1. The van der Waals surface area contributed by atoms with Crippen LogP contribution in [-0.2, 0) is 9.47 Å². The van der Waals surface area contributed by atoms with E-state index in [2.05, 4.69) is 6.58 Å². The van der Waals surface area contributed by atoms with Crippen molar-refractivity contribution >= 4 is 0 Å².